The Morgan fingerprint density at radius 3 is 1.63 bits per heavy atom. The molecule has 0 saturated heterocycles. The van der Waals surface area contributed by atoms with Crippen LogP contribution in [0, 0.1) is 5.92 Å². The average Bonchev–Trinajstić information content (AvgIpc) is 2.85. The average molecular weight is 581 g/mol. The van der Waals surface area contributed by atoms with Crippen molar-refractivity contribution in [2.24, 2.45) is 5.92 Å². The van der Waals surface area contributed by atoms with Gasteiger partial charge in [-0.1, -0.05) is 38.1 Å². The predicted octanol–water partition coefficient (Wildman–Crippen LogP) is 7.17. The smallest absolute Gasteiger partial charge is 0.397 e. The van der Waals surface area contributed by atoms with E-state index in [-0.39, 0.29) is 45.9 Å². The van der Waals surface area contributed by atoms with Gasteiger partial charge in [0.1, 0.15) is 0 Å². The number of anilines is 4. The number of benzene rings is 3. The Morgan fingerprint density at radius 1 is 0.707 bits per heavy atom. The van der Waals surface area contributed by atoms with Gasteiger partial charge in [0, 0.05) is 23.1 Å². The van der Waals surface area contributed by atoms with E-state index in [2.05, 4.69) is 10.6 Å². The summed E-state index contributed by atoms with van der Waals surface area (Å²) in [5.41, 5.74) is 4.36. The van der Waals surface area contributed by atoms with E-state index >= 15 is 0 Å². The van der Waals surface area contributed by atoms with Gasteiger partial charge in [-0.05, 0) is 61.4 Å². The topological polar surface area (TPSA) is 110 Å². The number of amides is 1. The Balaban J connectivity index is 2.09. The largest absolute Gasteiger partial charge is 0.411 e. The van der Waals surface area contributed by atoms with E-state index in [1.807, 2.05) is 0 Å². The molecule has 3 aromatic carbocycles. The van der Waals surface area contributed by atoms with Crippen LogP contribution in [0.2, 0.25) is 0 Å². The number of nitrogen functional groups attached to an aromatic ring is 2. The van der Waals surface area contributed by atoms with Crippen molar-refractivity contribution in [1.29, 1.82) is 0 Å². The molecule has 0 aliphatic rings. The maximum absolute atomic E-state index is 14.6. The molecule has 0 saturated carbocycles. The zero-order chi connectivity index (χ0) is 30.9. The number of Topliss-reactive ketones (excluding diaryl/α,β-unsaturated/α-hetero) is 1. The molecule has 220 valence electrons. The van der Waals surface area contributed by atoms with E-state index in [9.17, 15) is 35.9 Å². The van der Waals surface area contributed by atoms with Gasteiger partial charge in [-0.15, -0.1) is 0 Å². The molecule has 0 fully saturated rings. The highest BCUT2D eigenvalue weighted by atomic mass is 19.4. The van der Waals surface area contributed by atoms with Gasteiger partial charge in [0.15, 0.2) is 5.78 Å². The number of rotatable bonds is 8. The summed E-state index contributed by atoms with van der Waals surface area (Å²) >= 11 is 0. The molecule has 0 aliphatic carbocycles. The Morgan fingerprint density at radius 2 is 1.20 bits per heavy atom. The van der Waals surface area contributed by atoms with Gasteiger partial charge in [0.25, 0.3) is 5.91 Å². The number of carbonyl (C=O) groups is 2. The van der Waals surface area contributed by atoms with Gasteiger partial charge in [0.05, 0.1) is 22.7 Å². The summed E-state index contributed by atoms with van der Waals surface area (Å²) in [6, 6.07) is 10.00. The highest BCUT2D eigenvalue weighted by Crippen LogP contribution is 2.57. The Bertz CT molecular complexity index is 1430. The van der Waals surface area contributed by atoms with E-state index in [0.29, 0.717) is 18.2 Å². The van der Waals surface area contributed by atoms with E-state index < -0.39 is 40.5 Å². The lowest BCUT2D eigenvalue weighted by atomic mass is 9.72. The van der Waals surface area contributed by atoms with Crippen LogP contribution in [0.25, 0.3) is 0 Å². The van der Waals surface area contributed by atoms with Gasteiger partial charge >= 0.3 is 12.4 Å². The summed E-state index contributed by atoms with van der Waals surface area (Å²) < 4.78 is 87.6. The summed E-state index contributed by atoms with van der Waals surface area (Å²) in [7, 11) is 0. The molecule has 0 radical (unpaired) electrons. The third-order valence-electron chi connectivity index (χ3n) is 6.45. The van der Waals surface area contributed by atoms with E-state index in [1.165, 1.54) is 24.3 Å². The molecule has 6 N–H and O–H groups in total. The fourth-order valence-corrected chi connectivity index (χ4v) is 4.47. The number of nitrogens with two attached hydrogens (primary N) is 2. The molecule has 6 nitrogen and oxygen atoms in total. The summed E-state index contributed by atoms with van der Waals surface area (Å²) in [6.45, 7) is 6.83. The van der Waals surface area contributed by atoms with Gasteiger partial charge in [-0.2, -0.15) is 26.3 Å². The van der Waals surface area contributed by atoms with Crippen molar-refractivity contribution in [3.63, 3.8) is 0 Å². The van der Waals surface area contributed by atoms with Gasteiger partial charge in [0.2, 0.25) is 5.41 Å². The first kappa shape index (κ1) is 31.3. The third-order valence-corrected chi connectivity index (χ3v) is 6.45. The maximum Gasteiger partial charge on any atom is 0.411 e. The first-order valence-electron chi connectivity index (χ1n) is 12.6. The van der Waals surface area contributed by atoms with Crippen molar-refractivity contribution in [1.82, 2.24) is 0 Å². The SMILES string of the molecule is CC(C)Nc1ccc(C(c2ccc(NC(=O)c3cccc(C(=O)C(C)C)c3)c(N)c2)(C(F)(F)F)C(F)(F)F)cc1N. The molecular weight excluding hydrogens is 550 g/mol. The van der Waals surface area contributed by atoms with Crippen LogP contribution in [-0.2, 0) is 5.41 Å². The van der Waals surface area contributed by atoms with Crippen molar-refractivity contribution < 1.29 is 35.9 Å². The van der Waals surface area contributed by atoms with Crippen molar-refractivity contribution in [2.45, 2.75) is 51.5 Å². The zero-order valence-corrected chi connectivity index (χ0v) is 22.7. The first-order chi connectivity index (χ1) is 18.9. The number of hydrogen-bond donors (Lipinski definition) is 4. The van der Waals surface area contributed by atoms with Crippen LogP contribution in [0.1, 0.15) is 59.5 Å². The minimum Gasteiger partial charge on any atom is -0.397 e. The van der Waals surface area contributed by atoms with Crippen molar-refractivity contribution in [2.75, 3.05) is 22.1 Å². The Hall–Kier alpha value is -4.22. The number of carbonyl (C=O) groups excluding carboxylic acids is 2. The Labute approximate surface area is 233 Å². The van der Waals surface area contributed by atoms with Gasteiger partial charge < -0.3 is 22.1 Å². The van der Waals surface area contributed by atoms with Crippen molar-refractivity contribution in [3.8, 4) is 0 Å². The van der Waals surface area contributed by atoms with Crippen molar-refractivity contribution >= 4 is 34.4 Å². The normalized spacial score (nSPS) is 12.5. The lowest BCUT2D eigenvalue weighted by Gasteiger charge is -2.38. The van der Waals surface area contributed by atoms with Crippen LogP contribution in [0.15, 0.2) is 60.7 Å². The minimum absolute atomic E-state index is 0.0467. The summed E-state index contributed by atoms with van der Waals surface area (Å²) in [6.07, 6.45) is -11.7. The lowest BCUT2D eigenvalue weighted by molar-refractivity contribution is -0.288. The summed E-state index contributed by atoms with van der Waals surface area (Å²) in [5.74, 6) is -1.31. The first-order valence-corrected chi connectivity index (χ1v) is 12.6. The molecule has 0 aromatic heterocycles. The second-order valence-electron chi connectivity index (χ2n) is 10.2. The lowest BCUT2D eigenvalue weighted by Crippen LogP contribution is -2.54. The predicted molar refractivity (Wildman–Crippen MR) is 147 cm³/mol. The number of ketones is 1. The van der Waals surface area contributed by atoms with Crippen LogP contribution in [0.4, 0.5) is 49.1 Å². The maximum atomic E-state index is 14.6. The van der Waals surface area contributed by atoms with E-state index in [0.717, 1.165) is 18.2 Å². The second kappa shape index (κ2) is 11.3. The van der Waals surface area contributed by atoms with Crippen LogP contribution in [-0.4, -0.2) is 30.1 Å². The van der Waals surface area contributed by atoms with Crippen LogP contribution in [0.3, 0.4) is 0 Å². The number of halogens is 6. The third kappa shape index (κ3) is 6.10. The molecule has 1 amide bonds. The number of alkyl halides is 6. The molecule has 3 aromatic rings. The fourth-order valence-electron chi connectivity index (χ4n) is 4.47. The fraction of sp³-hybridized carbons (Fsp3) is 0.310. The van der Waals surface area contributed by atoms with Crippen LogP contribution < -0.4 is 22.1 Å². The number of nitrogens with one attached hydrogen (secondary N) is 2. The van der Waals surface area contributed by atoms with Crippen LogP contribution in [0.5, 0.6) is 0 Å². The second-order valence-corrected chi connectivity index (χ2v) is 10.2. The molecular formula is C29H30F6N4O2. The molecule has 41 heavy (non-hydrogen) atoms. The minimum atomic E-state index is -5.86. The summed E-state index contributed by atoms with van der Waals surface area (Å²) in [4.78, 5) is 25.1. The highest BCUT2D eigenvalue weighted by molar-refractivity contribution is 6.07. The Kier molecular flexibility index (Phi) is 8.66. The van der Waals surface area contributed by atoms with E-state index in [1.54, 1.807) is 27.7 Å². The van der Waals surface area contributed by atoms with Gasteiger partial charge in [-0.3, -0.25) is 9.59 Å². The van der Waals surface area contributed by atoms with E-state index in [4.69, 9.17) is 11.5 Å². The zero-order valence-electron chi connectivity index (χ0n) is 22.7. The molecule has 0 unspecified atom stereocenters. The molecule has 0 aliphatic heterocycles. The summed E-state index contributed by atoms with van der Waals surface area (Å²) in [5, 5.41) is 5.25. The molecule has 0 heterocycles. The van der Waals surface area contributed by atoms with Crippen molar-refractivity contribution in [3.05, 3.63) is 82.9 Å². The molecule has 3 rings (SSSR count). The molecule has 0 bridgehead atoms. The number of hydrogen-bond acceptors (Lipinski definition) is 5. The monoisotopic (exact) mass is 580 g/mol. The molecule has 0 spiro atoms. The highest BCUT2D eigenvalue weighted by Gasteiger charge is 2.72. The molecule has 12 heteroatoms. The van der Waals surface area contributed by atoms with Gasteiger partial charge in [-0.25, -0.2) is 0 Å². The van der Waals surface area contributed by atoms with Crippen LogP contribution >= 0.6 is 0 Å². The standard InChI is InChI=1S/C29H30F6N4O2/c1-15(2)25(40)17-6-5-7-18(12-17)26(41)39-24-11-9-20(14-22(24)37)27(28(30,31)32,29(33,34)35)19-8-10-23(21(36)13-19)38-16(3)4/h5-16,38H,36-37H2,1-4H3,(H,39,41). The molecule has 0 atom stereocenters. The quantitative estimate of drug-likeness (QED) is 0.128.